The largest absolute Gasteiger partial charge is 0.469 e. The molecule has 0 saturated heterocycles. The molecule has 1 aromatic heterocycles. The Hall–Kier alpha value is -1.82. The number of hydrogen-bond donors (Lipinski definition) is 0. The van der Waals surface area contributed by atoms with E-state index in [9.17, 15) is 9.59 Å². The Morgan fingerprint density at radius 3 is 2.76 bits per heavy atom. The molecule has 0 fully saturated rings. The van der Waals surface area contributed by atoms with Crippen molar-refractivity contribution in [2.24, 2.45) is 5.92 Å². The topological polar surface area (TPSA) is 69.0 Å². The highest BCUT2D eigenvalue weighted by molar-refractivity contribution is 5.91. The molecule has 6 nitrogen and oxygen atoms in total. The van der Waals surface area contributed by atoms with Gasteiger partial charge in [-0.1, -0.05) is 6.92 Å². The zero-order chi connectivity index (χ0) is 15.7. The lowest BCUT2D eigenvalue weighted by molar-refractivity contribution is -0.145. The first-order valence-electron chi connectivity index (χ1n) is 7.08. The molecule has 6 heteroatoms. The molecule has 118 valence electrons. The Labute approximate surface area is 125 Å². The maximum Gasteiger partial charge on any atom is 0.310 e. The van der Waals surface area contributed by atoms with Crippen molar-refractivity contribution < 1.29 is 23.5 Å². The molecule has 0 bridgehead atoms. The lowest BCUT2D eigenvalue weighted by atomic mass is 10.1. The molecule has 0 aromatic carbocycles. The minimum atomic E-state index is -0.388. The van der Waals surface area contributed by atoms with E-state index in [1.807, 2.05) is 6.92 Å². The van der Waals surface area contributed by atoms with Gasteiger partial charge in [-0.15, -0.1) is 0 Å². The molecular formula is C15H23NO5. The molecule has 1 rings (SSSR count). The average molecular weight is 297 g/mol. The van der Waals surface area contributed by atoms with Gasteiger partial charge in [0.25, 0.3) is 5.91 Å². The number of ether oxygens (including phenoxy) is 2. The van der Waals surface area contributed by atoms with Gasteiger partial charge in [0.05, 0.1) is 19.3 Å². The smallest absolute Gasteiger partial charge is 0.310 e. The summed E-state index contributed by atoms with van der Waals surface area (Å²) in [6.45, 7) is 5.66. The van der Waals surface area contributed by atoms with E-state index in [0.29, 0.717) is 32.7 Å². The standard InChI is InChI=1S/C15H23NO5/c1-4-20-9-6-8-16(11-12(2)15(18)19-3)14(17)13-7-5-10-21-13/h5,7,10,12H,4,6,8-9,11H2,1-3H3. The van der Waals surface area contributed by atoms with Gasteiger partial charge in [0.2, 0.25) is 0 Å². The van der Waals surface area contributed by atoms with Crippen LogP contribution in [0.4, 0.5) is 0 Å². The van der Waals surface area contributed by atoms with Crippen LogP contribution in [0, 0.1) is 5.92 Å². The van der Waals surface area contributed by atoms with Crippen molar-refractivity contribution in [1.82, 2.24) is 4.90 Å². The lowest BCUT2D eigenvalue weighted by Crippen LogP contribution is -2.38. The van der Waals surface area contributed by atoms with Gasteiger partial charge < -0.3 is 18.8 Å². The second kappa shape index (κ2) is 9.18. The highest BCUT2D eigenvalue weighted by Gasteiger charge is 2.23. The van der Waals surface area contributed by atoms with Crippen molar-refractivity contribution in [3.63, 3.8) is 0 Å². The third kappa shape index (κ3) is 5.59. The first-order valence-corrected chi connectivity index (χ1v) is 7.08. The van der Waals surface area contributed by atoms with E-state index in [2.05, 4.69) is 0 Å². The summed E-state index contributed by atoms with van der Waals surface area (Å²) in [5.41, 5.74) is 0. The highest BCUT2D eigenvalue weighted by atomic mass is 16.5. The van der Waals surface area contributed by atoms with Crippen molar-refractivity contribution in [3.05, 3.63) is 24.2 Å². The number of hydrogen-bond acceptors (Lipinski definition) is 5. The zero-order valence-corrected chi connectivity index (χ0v) is 12.8. The summed E-state index contributed by atoms with van der Waals surface area (Å²) < 4.78 is 15.1. The van der Waals surface area contributed by atoms with Crippen LogP contribution in [0.15, 0.2) is 22.8 Å². The number of amides is 1. The third-order valence-electron chi connectivity index (χ3n) is 3.04. The van der Waals surface area contributed by atoms with Crippen LogP contribution in [0.5, 0.6) is 0 Å². The summed E-state index contributed by atoms with van der Waals surface area (Å²) in [6.07, 6.45) is 2.16. The van der Waals surface area contributed by atoms with Crippen molar-refractivity contribution in [2.75, 3.05) is 33.4 Å². The van der Waals surface area contributed by atoms with Crippen molar-refractivity contribution in [3.8, 4) is 0 Å². The SMILES string of the molecule is CCOCCCN(CC(C)C(=O)OC)C(=O)c1ccco1. The van der Waals surface area contributed by atoms with Gasteiger partial charge in [-0.05, 0) is 25.5 Å². The van der Waals surface area contributed by atoms with Gasteiger partial charge in [0.15, 0.2) is 5.76 Å². The van der Waals surface area contributed by atoms with Crippen molar-refractivity contribution >= 4 is 11.9 Å². The van der Waals surface area contributed by atoms with E-state index < -0.39 is 0 Å². The normalized spacial score (nSPS) is 12.0. The van der Waals surface area contributed by atoms with Crippen molar-refractivity contribution in [2.45, 2.75) is 20.3 Å². The van der Waals surface area contributed by atoms with E-state index in [1.54, 1.807) is 24.0 Å². The molecule has 0 radical (unpaired) electrons. The number of furan rings is 1. The molecule has 1 aromatic rings. The van der Waals surface area contributed by atoms with Crippen LogP contribution in [0.25, 0.3) is 0 Å². The molecule has 1 atom stereocenters. The van der Waals surface area contributed by atoms with Gasteiger partial charge in [-0.2, -0.15) is 0 Å². The number of esters is 1. The summed E-state index contributed by atoms with van der Waals surface area (Å²) in [5.74, 6) is -0.686. The average Bonchev–Trinajstić information content (AvgIpc) is 3.02. The minimum Gasteiger partial charge on any atom is -0.469 e. The number of carbonyl (C=O) groups is 2. The number of carbonyl (C=O) groups excluding carboxylic acids is 2. The molecule has 0 aliphatic carbocycles. The fourth-order valence-corrected chi connectivity index (χ4v) is 1.94. The predicted octanol–water partition coefficient (Wildman–Crippen LogP) is 1.96. The minimum absolute atomic E-state index is 0.229. The van der Waals surface area contributed by atoms with Crippen LogP contribution in [0.2, 0.25) is 0 Å². The van der Waals surface area contributed by atoms with Gasteiger partial charge >= 0.3 is 5.97 Å². The van der Waals surface area contributed by atoms with Gasteiger partial charge in [-0.3, -0.25) is 9.59 Å². The summed E-state index contributed by atoms with van der Waals surface area (Å²) in [4.78, 5) is 25.5. The fraction of sp³-hybridized carbons (Fsp3) is 0.600. The second-order valence-corrected chi connectivity index (χ2v) is 4.70. The third-order valence-corrected chi connectivity index (χ3v) is 3.04. The van der Waals surface area contributed by atoms with E-state index in [-0.39, 0.29) is 23.6 Å². The maximum atomic E-state index is 12.4. The molecule has 0 N–H and O–H groups in total. The maximum absolute atomic E-state index is 12.4. The van der Waals surface area contributed by atoms with E-state index >= 15 is 0 Å². The van der Waals surface area contributed by atoms with E-state index in [4.69, 9.17) is 13.9 Å². The summed E-state index contributed by atoms with van der Waals surface area (Å²) in [7, 11) is 1.34. The van der Waals surface area contributed by atoms with Crippen LogP contribution >= 0.6 is 0 Å². The molecule has 1 amide bonds. The Balaban J connectivity index is 2.65. The molecular weight excluding hydrogens is 274 g/mol. The summed E-state index contributed by atoms with van der Waals surface area (Å²) in [5, 5.41) is 0. The Morgan fingerprint density at radius 2 is 2.19 bits per heavy atom. The lowest BCUT2D eigenvalue weighted by Gasteiger charge is -2.24. The quantitative estimate of drug-likeness (QED) is 0.515. The number of rotatable bonds is 9. The van der Waals surface area contributed by atoms with E-state index in [0.717, 1.165) is 0 Å². The molecule has 0 spiro atoms. The zero-order valence-electron chi connectivity index (χ0n) is 12.8. The van der Waals surface area contributed by atoms with Crippen LogP contribution in [0.3, 0.4) is 0 Å². The number of methoxy groups -OCH3 is 1. The van der Waals surface area contributed by atoms with Gasteiger partial charge in [0.1, 0.15) is 0 Å². The Morgan fingerprint density at radius 1 is 1.43 bits per heavy atom. The molecule has 0 aliphatic rings. The second-order valence-electron chi connectivity index (χ2n) is 4.70. The summed E-state index contributed by atoms with van der Waals surface area (Å²) in [6, 6.07) is 3.27. The first kappa shape index (κ1) is 17.2. The predicted molar refractivity (Wildman–Crippen MR) is 76.9 cm³/mol. The molecule has 1 heterocycles. The highest BCUT2D eigenvalue weighted by Crippen LogP contribution is 2.10. The van der Waals surface area contributed by atoms with Gasteiger partial charge in [-0.25, -0.2) is 0 Å². The molecule has 0 aliphatic heterocycles. The Kier molecular flexibility index (Phi) is 7.53. The van der Waals surface area contributed by atoms with Crippen LogP contribution in [-0.2, 0) is 14.3 Å². The van der Waals surface area contributed by atoms with Crippen LogP contribution in [-0.4, -0.2) is 50.2 Å². The van der Waals surface area contributed by atoms with Crippen LogP contribution in [0.1, 0.15) is 30.8 Å². The Bertz CT molecular complexity index is 429. The van der Waals surface area contributed by atoms with E-state index in [1.165, 1.54) is 13.4 Å². The monoisotopic (exact) mass is 297 g/mol. The fourth-order valence-electron chi connectivity index (χ4n) is 1.94. The van der Waals surface area contributed by atoms with Crippen molar-refractivity contribution in [1.29, 1.82) is 0 Å². The first-order chi connectivity index (χ1) is 10.1. The van der Waals surface area contributed by atoms with Gasteiger partial charge in [0, 0.05) is 26.3 Å². The summed E-state index contributed by atoms with van der Waals surface area (Å²) >= 11 is 0. The molecule has 0 saturated carbocycles. The molecule has 1 unspecified atom stereocenters. The molecule has 21 heavy (non-hydrogen) atoms. The van der Waals surface area contributed by atoms with Crippen LogP contribution < -0.4 is 0 Å². The number of nitrogens with zero attached hydrogens (tertiary/aromatic N) is 1.